The minimum Gasteiger partial charge on any atom is -0.383 e. The van der Waals surface area contributed by atoms with Gasteiger partial charge in [-0.2, -0.15) is 0 Å². The minimum atomic E-state index is -1.66. The maximum Gasteiger partial charge on any atom is 0.244 e. The Hall–Kier alpha value is -2.60. The molecular formula is C17H16F2N2O2. The Balaban J connectivity index is 1.98. The zero-order valence-corrected chi connectivity index (χ0v) is 12.5. The zero-order chi connectivity index (χ0) is 16.9. The molecule has 1 unspecified atom stereocenters. The summed E-state index contributed by atoms with van der Waals surface area (Å²) < 4.78 is 26.6. The average Bonchev–Trinajstić information content (AvgIpc) is 2.51. The molecule has 2 aromatic rings. The molecule has 0 saturated carbocycles. The number of hydrogen-bond acceptors (Lipinski definition) is 3. The number of pyridine rings is 1. The molecule has 4 nitrogen and oxygen atoms in total. The summed E-state index contributed by atoms with van der Waals surface area (Å²) in [6, 6.07) is 8.16. The van der Waals surface area contributed by atoms with Crippen molar-refractivity contribution >= 4 is 12.0 Å². The smallest absolute Gasteiger partial charge is 0.244 e. The molecule has 120 valence electrons. The molecule has 0 bridgehead atoms. The van der Waals surface area contributed by atoms with Crippen molar-refractivity contribution in [2.45, 2.75) is 12.5 Å². The maximum atomic E-state index is 13.7. The second-order valence-electron chi connectivity index (χ2n) is 5.20. The Morgan fingerprint density at radius 2 is 2.13 bits per heavy atom. The lowest BCUT2D eigenvalue weighted by molar-refractivity contribution is -0.117. The van der Waals surface area contributed by atoms with Crippen LogP contribution in [-0.2, 0) is 10.4 Å². The molecule has 6 heteroatoms. The predicted octanol–water partition coefficient (Wildman–Crippen LogP) is 2.40. The quantitative estimate of drug-likeness (QED) is 0.832. The van der Waals surface area contributed by atoms with Crippen molar-refractivity contribution in [1.29, 1.82) is 0 Å². The number of amides is 1. The number of carbonyl (C=O) groups excluding carboxylic acids is 1. The van der Waals surface area contributed by atoms with E-state index in [0.29, 0.717) is 11.8 Å². The Labute approximate surface area is 132 Å². The minimum absolute atomic E-state index is 0.0899. The lowest BCUT2D eigenvalue weighted by Gasteiger charge is -2.24. The van der Waals surface area contributed by atoms with Gasteiger partial charge >= 0.3 is 0 Å². The molecule has 1 atom stereocenters. The van der Waals surface area contributed by atoms with Crippen LogP contribution in [-0.4, -0.2) is 22.5 Å². The third-order valence-corrected chi connectivity index (χ3v) is 3.21. The molecule has 23 heavy (non-hydrogen) atoms. The van der Waals surface area contributed by atoms with Crippen LogP contribution in [0.25, 0.3) is 6.08 Å². The van der Waals surface area contributed by atoms with Gasteiger partial charge in [0.1, 0.15) is 17.2 Å². The fraction of sp³-hybridized carbons (Fsp3) is 0.176. The Bertz CT molecular complexity index is 716. The first kappa shape index (κ1) is 16.8. The average molecular weight is 318 g/mol. The Kier molecular flexibility index (Phi) is 5.18. The first-order chi connectivity index (χ1) is 10.9. The molecule has 1 aromatic carbocycles. The summed E-state index contributed by atoms with van der Waals surface area (Å²) in [6.07, 6.45) is 4.38. The Morgan fingerprint density at radius 1 is 1.35 bits per heavy atom. The molecule has 1 heterocycles. The van der Waals surface area contributed by atoms with Gasteiger partial charge in [0.15, 0.2) is 0 Å². The van der Waals surface area contributed by atoms with E-state index in [1.54, 1.807) is 24.4 Å². The summed E-state index contributed by atoms with van der Waals surface area (Å²) in [4.78, 5) is 15.8. The number of carbonyl (C=O) groups is 1. The highest BCUT2D eigenvalue weighted by atomic mass is 19.1. The lowest BCUT2D eigenvalue weighted by atomic mass is 9.95. The summed E-state index contributed by atoms with van der Waals surface area (Å²) in [5.41, 5.74) is -1.14. The van der Waals surface area contributed by atoms with E-state index in [4.69, 9.17) is 0 Å². The molecule has 1 aromatic heterocycles. The number of nitrogens with zero attached hydrogens (tertiary/aromatic N) is 1. The zero-order valence-electron chi connectivity index (χ0n) is 12.5. The van der Waals surface area contributed by atoms with Gasteiger partial charge in [-0.3, -0.25) is 9.78 Å². The molecular weight excluding hydrogens is 302 g/mol. The van der Waals surface area contributed by atoms with E-state index in [2.05, 4.69) is 10.3 Å². The molecule has 0 aliphatic rings. The van der Waals surface area contributed by atoms with Crippen LogP contribution in [0.2, 0.25) is 0 Å². The van der Waals surface area contributed by atoms with Gasteiger partial charge in [0.05, 0.1) is 12.2 Å². The van der Waals surface area contributed by atoms with Gasteiger partial charge in [0, 0.05) is 23.9 Å². The van der Waals surface area contributed by atoms with Crippen molar-refractivity contribution < 1.29 is 18.7 Å². The normalized spacial score (nSPS) is 13.7. The number of aliphatic hydroxyl groups is 1. The third kappa shape index (κ3) is 4.69. The van der Waals surface area contributed by atoms with Crippen LogP contribution < -0.4 is 5.32 Å². The highest BCUT2D eigenvalue weighted by Gasteiger charge is 2.27. The summed E-state index contributed by atoms with van der Waals surface area (Å²) in [6.45, 7) is 1.12. The highest BCUT2D eigenvalue weighted by Crippen LogP contribution is 2.23. The fourth-order valence-corrected chi connectivity index (χ4v) is 1.98. The van der Waals surface area contributed by atoms with Crippen LogP contribution >= 0.6 is 0 Å². The van der Waals surface area contributed by atoms with Gasteiger partial charge in [-0.05, 0) is 31.2 Å². The van der Waals surface area contributed by atoms with Gasteiger partial charge in [-0.25, -0.2) is 8.78 Å². The SMILES string of the molecule is CC(O)(CNC(=O)/C=C/c1ccccn1)c1ccc(F)cc1F. The summed E-state index contributed by atoms with van der Waals surface area (Å²) in [7, 11) is 0. The number of aromatic nitrogens is 1. The van der Waals surface area contributed by atoms with E-state index in [-0.39, 0.29) is 12.1 Å². The van der Waals surface area contributed by atoms with Gasteiger partial charge in [-0.1, -0.05) is 12.1 Å². The maximum absolute atomic E-state index is 13.7. The van der Waals surface area contributed by atoms with E-state index in [1.807, 2.05) is 0 Å². The van der Waals surface area contributed by atoms with Crippen molar-refractivity contribution in [2.75, 3.05) is 6.54 Å². The van der Waals surface area contributed by atoms with E-state index in [1.165, 1.54) is 19.1 Å². The first-order valence-electron chi connectivity index (χ1n) is 6.93. The topological polar surface area (TPSA) is 62.2 Å². The summed E-state index contributed by atoms with van der Waals surface area (Å²) >= 11 is 0. The van der Waals surface area contributed by atoms with E-state index >= 15 is 0 Å². The van der Waals surface area contributed by atoms with Crippen molar-refractivity contribution in [2.24, 2.45) is 0 Å². The van der Waals surface area contributed by atoms with Crippen LogP contribution in [0.1, 0.15) is 18.2 Å². The van der Waals surface area contributed by atoms with Gasteiger partial charge in [0.2, 0.25) is 5.91 Å². The van der Waals surface area contributed by atoms with Crippen LogP contribution in [0.4, 0.5) is 8.78 Å². The van der Waals surface area contributed by atoms with Gasteiger partial charge in [-0.15, -0.1) is 0 Å². The molecule has 2 rings (SSSR count). The number of nitrogens with one attached hydrogen (secondary N) is 1. The van der Waals surface area contributed by atoms with E-state index in [9.17, 15) is 18.7 Å². The fourth-order valence-electron chi connectivity index (χ4n) is 1.98. The van der Waals surface area contributed by atoms with Crippen LogP contribution in [0.15, 0.2) is 48.7 Å². The predicted molar refractivity (Wildman–Crippen MR) is 82.2 cm³/mol. The van der Waals surface area contributed by atoms with Crippen LogP contribution in [0.5, 0.6) is 0 Å². The van der Waals surface area contributed by atoms with Crippen molar-refractivity contribution in [1.82, 2.24) is 10.3 Å². The Morgan fingerprint density at radius 3 is 2.78 bits per heavy atom. The second kappa shape index (κ2) is 7.11. The summed E-state index contributed by atoms with van der Waals surface area (Å²) in [5, 5.41) is 12.7. The molecule has 0 saturated heterocycles. The van der Waals surface area contributed by atoms with Crippen LogP contribution in [0.3, 0.4) is 0 Å². The first-order valence-corrected chi connectivity index (χ1v) is 6.93. The molecule has 0 aliphatic heterocycles. The number of hydrogen-bond donors (Lipinski definition) is 2. The third-order valence-electron chi connectivity index (χ3n) is 3.21. The van der Waals surface area contributed by atoms with Crippen LogP contribution in [0, 0.1) is 11.6 Å². The van der Waals surface area contributed by atoms with Crippen molar-refractivity contribution in [3.63, 3.8) is 0 Å². The molecule has 0 fully saturated rings. The largest absolute Gasteiger partial charge is 0.383 e. The van der Waals surface area contributed by atoms with Crippen molar-refractivity contribution in [3.8, 4) is 0 Å². The van der Waals surface area contributed by atoms with Gasteiger partial charge < -0.3 is 10.4 Å². The molecule has 0 aliphatic carbocycles. The molecule has 2 N–H and O–H groups in total. The number of halogens is 2. The highest BCUT2D eigenvalue weighted by molar-refractivity contribution is 5.91. The van der Waals surface area contributed by atoms with Gasteiger partial charge in [0.25, 0.3) is 0 Å². The molecule has 0 radical (unpaired) electrons. The summed E-state index contributed by atoms with van der Waals surface area (Å²) in [5.74, 6) is -2.06. The van der Waals surface area contributed by atoms with Crippen molar-refractivity contribution in [3.05, 3.63) is 71.6 Å². The second-order valence-corrected chi connectivity index (χ2v) is 5.20. The molecule has 1 amide bonds. The monoisotopic (exact) mass is 318 g/mol. The van der Waals surface area contributed by atoms with E-state index < -0.39 is 23.1 Å². The molecule has 0 spiro atoms. The number of benzene rings is 1. The number of rotatable bonds is 5. The lowest BCUT2D eigenvalue weighted by Crippen LogP contribution is -2.38. The standard InChI is InChI=1S/C17H16F2N2O2/c1-17(23,14-7-5-12(18)10-15(14)19)11-21-16(22)8-6-13-4-2-3-9-20-13/h2-10,23H,11H2,1H3,(H,21,22)/b8-6+. The van der Waals surface area contributed by atoms with E-state index in [0.717, 1.165) is 12.1 Å².